The summed E-state index contributed by atoms with van der Waals surface area (Å²) < 4.78 is 64.6. The standard InChI is InChI=1S/C23H26F4N6OS/c1-12(2)33-22(34-18-8-16(23(25,26)27)7-17(24)9-18)29-21(30-33)28-20-14-4-5-15(20)11-32(10-14)19-6-13(3)31-35-19/h6-9,12,14-15,20H,4-5,10-11H2,1-3H3,(H,28,30)/t14-,15+,20+. The molecule has 3 heterocycles. The summed E-state index contributed by atoms with van der Waals surface area (Å²) in [5.41, 5.74) is -0.102. The molecule has 1 N–H and O–H groups in total. The molecule has 2 aliphatic rings. The van der Waals surface area contributed by atoms with Crippen molar-refractivity contribution in [2.24, 2.45) is 11.8 Å². The Morgan fingerprint density at radius 1 is 1.11 bits per heavy atom. The zero-order valence-corrected chi connectivity index (χ0v) is 20.3. The Morgan fingerprint density at radius 3 is 2.43 bits per heavy atom. The van der Waals surface area contributed by atoms with E-state index in [1.165, 1.54) is 21.2 Å². The molecule has 1 aliphatic carbocycles. The molecule has 0 radical (unpaired) electrons. The van der Waals surface area contributed by atoms with Crippen LogP contribution < -0.4 is 15.0 Å². The molecule has 2 fully saturated rings. The van der Waals surface area contributed by atoms with Gasteiger partial charge >= 0.3 is 12.2 Å². The summed E-state index contributed by atoms with van der Waals surface area (Å²) in [6.45, 7) is 7.53. The fraction of sp³-hybridized carbons (Fsp3) is 0.522. The number of hydrogen-bond acceptors (Lipinski definition) is 7. The van der Waals surface area contributed by atoms with Crippen molar-refractivity contribution >= 4 is 22.5 Å². The highest BCUT2D eigenvalue weighted by atomic mass is 32.1. The highest BCUT2D eigenvalue weighted by Crippen LogP contribution is 2.41. The molecule has 1 saturated carbocycles. The van der Waals surface area contributed by atoms with Crippen LogP contribution in [0.2, 0.25) is 0 Å². The highest BCUT2D eigenvalue weighted by Gasteiger charge is 2.43. The van der Waals surface area contributed by atoms with Crippen LogP contribution in [0.1, 0.15) is 44.0 Å². The Bertz CT molecular complexity index is 1200. The predicted molar refractivity (Wildman–Crippen MR) is 125 cm³/mol. The van der Waals surface area contributed by atoms with Gasteiger partial charge in [-0.25, -0.2) is 9.07 Å². The zero-order valence-electron chi connectivity index (χ0n) is 19.5. The van der Waals surface area contributed by atoms with Crippen LogP contribution >= 0.6 is 11.5 Å². The second-order valence-electron chi connectivity index (χ2n) is 9.51. The third-order valence-electron chi connectivity index (χ3n) is 6.55. The number of nitrogens with one attached hydrogen (secondary N) is 1. The van der Waals surface area contributed by atoms with E-state index in [1.54, 1.807) is 0 Å². The SMILES string of the molecule is Cc1cc(N2C[C@H]3CC[C@@H](C2)[C@H]3Nc2nc(Oc3cc(F)cc(C(F)(F)F)c3)n(C(C)C)n2)sn1. The van der Waals surface area contributed by atoms with E-state index in [2.05, 4.69) is 30.7 Å². The Balaban J connectivity index is 1.34. The first-order valence-corrected chi connectivity index (χ1v) is 12.3. The molecule has 0 amide bonds. The molecule has 7 nitrogen and oxygen atoms in total. The minimum Gasteiger partial charge on any atom is -0.424 e. The summed E-state index contributed by atoms with van der Waals surface area (Å²) in [5.74, 6) is -0.159. The molecule has 12 heteroatoms. The van der Waals surface area contributed by atoms with Crippen molar-refractivity contribution in [2.45, 2.75) is 51.9 Å². The van der Waals surface area contributed by atoms with E-state index in [9.17, 15) is 17.6 Å². The van der Waals surface area contributed by atoms with Gasteiger partial charge in [0.2, 0.25) is 5.95 Å². The van der Waals surface area contributed by atoms with Crippen molar-refractivity contribution in [3.8, 4) is 11.8 Å². The number of ether oxygens (including phenoxy) is 1. The zero-order chi connectivity index (χ0) is 24.9. The summed E-state index contributed by atoms with van der Waals surface area (Å²) in [6.07, 6.45) is -2.51. The maximum Gasteiger partial charge on any atom is 0.416 e. The minimum absolute atomic E-state index is 0.00569. The van der Waals surface area contributed by atoms with E-state index in [4.69, 9.17) is 4.74 Å². The van der Waals surface area contributed by atoms with Crippen LogP contribution in [0.25, 0.3) is 0 Å². The van der Waals surface area contributed by atoms with Crippen molar-refractivity contribution in [3.63, 3.8) is 0 Å². The second-order valence-corrected chi connectivity index (χ2v) is 10.3. The lowest BCUT2D eigenvalue weighted by molar-refractivity contribution is -0.137. The number of alkyl halides is 3. The molecule has 35 heavy (non-hydrogen) atoms. The molecule has 0 spiro atoms. The van der Waals surface area contributed by atoms with E-state index in [0.717, 1.165) is 43.8 Å². The number of halogens is 4. The Morgan fingerprint density at radius 2 is 1.83 bits per heavy atom. The normalized spacial score (nSPS) is 22.2. The average molecular weight is 511 g/mol. The van der Waals surface area contributed by atoms with Crippen LogP contribution in [0, 0.1) is 24.6 Å². The number of hydrogen-bond donors (Lipinski definition) is 1. The van der Waals surface area contributed by atoms with Gasteiger partial charge in [-0.15, -0.1) is 5.10 Å². The van der Waals surface area contributed by atoms with Crippen LogP contribution in [0.5, 0.6) is 11.8 Å². The number of nitrogens with zero attached hydrogens (tertiary/aromatic N) is 5. The summed E-state index contributed by atoms with van der Waals surface area (Å²) in [6, 6.07) is 4.23. The van der Waals surface area contributed by atoms with Gasteiger partial charge in [-0.05, 0) is 75.2 Å². The summed E-state index contributed by atoms with van der Waals surface area (Å²) in [4.78, 5) is 6.80. The topological polar surface area (TPSA) is 68.1 Å². The van der Waals surface area contributed by atoms with E-state index in [1.807, 2.05) is 20.8 Å². The maximum absolute atomic E-state index is 13.8. The van der Waals surface area contributed by atoms with Crippen LogP contribution in [0.3, 0.4) is 0 Å². The first-order valence-electron chi connectivity index (χ1n) is 11.5. The number of fused-ring (bicyclic) bond motifs is 2. The lowest BCUT2D eigenvalue weighted by atomic mass is 9.92. The Hall–Kier alpha value is -2.89. The van der Waals surface area contributed by atoms with Crippen LogP contribution in [0.15, 0.2) is 24.3 Å². The Kier molecular flexibility index (Phi) is 6.10. The molecule has 0 unspecified atom stereocenters. The monoisotopic (exact) mass is 510 g/mol. The predicted octanol–water partition coefficient (Wildman–Crippen LogP) is 5.90. The molecular weight excluding hydrogens is 484 g/mol. The van der Waals surface area contributed by atoms with Crippen molar-refractivity contribution in [1.82, 2.24) is 19.1 Å². The maximum atomic E-state index is 13.8. The third kappa shape index (κ3) is 4.93. The van der Waals surface area contributed by atoms with Gasteiger partial charge in [-0.2, -0.15) is 22.5 Å². The Labute approximate surface area is 204 Å². The minimum atomic E-state index is -4.69. The molecule has 2 aromatic heterocycles. The van der Waals surface area contributed by atoms with Crippen LogP contribution in [0.4, 0.5) is 28.5 Å². The highest BCUT2D eigenvalue weighted by molar-refractivity contribution is 7.10. The lowest BCUT2D eigenvalue weighted by Gasteiger charge is -2.38. The van der Waals surface area contributed by atoms with Gasteiger partial charge in [0.15, 0.2) is 0 Å². The van der Waals surface area contributed by atoms with E-state index in [-0.39, 0.29) is 23.8 Å². The average Bonchev–Trinajstić information content (AvgIpc) is 3.43. The van der Waals surface area contributed by atoms with Gasteiger partial charge in [0.1, 0.15) is 16.6 Å². The first kappa shape index (κ1) is 23.8. The summed E-state index contributed by atoms with van der Waals surface area (Å²) in [7, 11) is 0. The number of anilines is 2. The van der Waals surface area contributed by atoms with Crippen molar-refractivity contribution < 1.29 is 22.3 Å². The number of piperidine rings is 1. The van der Waals surface area contributed by atoms with E-state index >= 15 is 0 Å². The molecule has 5 rings (SSSR count). The van der Waals surface area contributed by atoms with Crippen molar-refractivity contribution in [3.05, 3.63) is 41.3 Å². The first-order chi connectivity index (χ1) is 16.6. The number of benzene rings is 1. The molecule has 188 valence electrons. The van der Waals surface area contributed by atoms with Crippen molar-refractivity contribution in [2.75, 3.05) is 23.3 Å². The molecule has 3 aromatic rings. The number of aromatic nitrogens is 4. The quantitative estimate of drug-likeness (QED) is 0.417. The fourth-order valence-electron chi connectivity index (χ4n) is 4.95. The van der Waals surface area contributed by atoms with Gasteiger partial charge in [-0.1, -0.05) is 0 Å². The van der Waals surface area contributed by atoms with E-state index in [0.29, 0.717) is 23.9 Å². The summed E-state index contributed by atoms with van der Waals surface area (Å²) >= 11 is 1.52. The molecule has 2 bridgehead atoms. The number of rotatable bonds is 6. The molecule has 3 atom stereocenters. The smallest absolute Gasteiger partial charge is 0.416 e. The lowest BCUT2D eigenvalue weighted by Crippen LogP contribution is -2.48. The van der Waals surface area contributed by atoms with Gasteiger partial charge < -0.3 is 15.0 Å². The van der Waals surface area contributed by atoms with Crippen LogP contribution in [-0.4, -0.2) is 38.3 Å². The van der Waals surface area contributed by atoms with Gasteiger partial charge in [0.05, 0.1) is 17.3 Å². The third-order valence-corrected chi connectivity index (χ3v) is 7.50. The van der Waals surface area contributed by atoms with Crippen molar-refractivity contribution in [1.29, 1.82) is 0 Å². The number of aryl methyl sites for hydroxylation is 1. The summed E-state index contributed by atoms with van der Waals surface area (Å²) in [5, 5.41) is 9.14. The largest absolute Gasteiger partial charge is 0.424 e. The van der Waals surface area contributed by atoms with Gasteiger partial charge in [-0.3, -0.25) is 0 Å². The molecule has 1 saturated heterocycles. The van der Waals surface area contributed by atoms with E-state index < -0.39 is 17.6 Å². The van der Waals surface area contributed by atoms with Gasteiger partial charge in [0, 0.05) is 25.2 Å². The molecular formula is C23H26F4N6OS. The van der Waals surface area contributed by atoms with Gasteiger partial charge in [0.25, 0.3) is 0 Å². The second kappa shape index (κ2) is 8.96. The van der Waals surface area contributed by atoms with Crippen LogP contribution in [-0.2, 0) is 6.18 Å². The molecule has 1 aromatic carbocycles. The molecule has 1 aliphatic heterocycles. The fourth-order valence-corrected chi connectivity index (χ4v) is 5.73.